The van der Waals surface area contributed by atoms with Crippen molar-refractivity contribution >= 4 is 27.4 Å². The van der Waals surface area contributed by atoms with E-state index in [1.807, 2.05) is 19.1 Å². The molecular weight excluding hydrogens is 599 g/mol. The van der Waals surface area contributed by atoms with Crippen molar-refractivity contribution in [3.8, 4) is 11.6 Å². The van der Waals surface area contributed by atoms with Crippen molar-refractivity contribution in [1.82, 2.24) is 19.6 Å². The number of amides is 2. The summed E-state index contributed by atoms with van der Waals surface area (Å²) in [5.41, 5.74) is 2.90. The Morgan fingerprint density at radius 3 is 2.47 bits per heavy atom. The second kappa shape index (κ2) is 14.6. The third kappa shape index (κ3) is 8.60. The van der Waals surface area contributed by atoms with Gasteiger partial charge in [0.1, 0.15) is 11.6 Å². The van der Waals surface area contributed by atoms with E-state index < -0.39 is 15.8 Å². The lowest BCUT2D eigenvalue weighted by atomic mass is 10.0. The smallest absolute Gasteiger partial charge is 0.326 e. The van der Waals surface area contributed by atoms with Crippen LogP contribution >= 0.6 is 0 Å². The molecule has 0 bridgehead atoms. The van der Waals surface area contributed by atoms with Crippen LogP contribution in [0.3, 0.4) is 0 Å². The summed E-state index contributed by atoms with van der Waals surface area (Å²) >= 11 is 0. The monoisotopic (exact) mass is 634 g/mol. The summed E-state index contributed by atoms with van der Waals surface area (Å²) in [4.78, 5) is 26.1. The van der Waals surface area contributed by atoms with Crippen LogP contribution in [-0.4, -0.2) is 66.7 Å². The fourth-order valence-electron chi connectivity index (χ4n) is 5.07. The number of pyridine rings is 2. The van der Waals surface area contributed by atoms with E-state index in [1.54, 1.807) is 41.6 Å². The molecule has 1 aliphatic heterocycles. The molecule has 0 saturated carbocycles. The SMILES string of the molecule is Cc1ccc(NC(=O)N(c2cccc(F)c2)C2CCN(Cc3ccc(Oc4ccc(S(=O)(=O)NCCO)cc4)nc3)CC2)cn1. The first-order valence-electron chi connectivity index (χ1n) is 14.5. The first-order chi connectivity index (χ1) is 21.7. The van der Waals surface area contributed by atoms with Crippen molar-refractivity contribution in [1.29, 1.82) is 0 Å². The van der Waals surface area contributed by atoms with Gasteiger partial charge in [0.15, 0.2) is 0 Å². The van der Waals surface area contributed by atoms with E-state index in [4.69, 9.17) is 9.84 Å². The van der Waals surface area contributed by atoms with Crippen LogP contribution in [-0.2, 0) is 16.6 Å². The predicted molar refractivity (Wildman–Crippen MR) is 168 cm³/mol. The van der Waals surface area contributed by atoms with Gasteiger partial charge >= 0.3 is 6.03 Å². The molecule has 0 unspecified atom stereocenters. The van der Waals surface area contributed by atoms with Crippen molar-refractivity contribution < 1.29 is 27.4 Å². The molecule has 11 nitrogen and oxygen atoms in total. The number of ether oxygens (including phenoxy) is 1. The quantitative estimate of drug-likeness (QED) is 0.216. The van der Waals surface area contributed by atoms with Crippen LogP contribution < -0.4 is 19.7 Å². The summed E-state index contributed by atoms with van der Waals surface area (Å²) in [6.45, 7) is 3.64. The molecule has 3 heterocycles. The number of aryl methyl sites for hydroxylation is 1. The molecule has 45 heavy (non-hydrogen) atoms. The van der Waals surface area contributed by atoms with Gasteiger partial charge < -0.3 is 15.2 Å². The largest absolute Gasteiger partial charge is 0.439 e. The maximum atomic E-state index is 14.2. The zero-order valence-corrected chi connectivity index (χ0v) is 25.6. The van der Waals surface area contributed by atoms with Gasteiger partial charge in [-0.05, 0) is 79.9 Å². The van der Waals surface area contributed by atoms with Crippen LogP contribution in [0.25, 0.3) is 0 Å². The molecule has 236 valence electrons. The molecule has 0 aliphatic carbocycles. The highest BCUT2D eigenvalue weighted by Crippen LogP contribution is 2.27. The third-order valence-corrected chi connectivity index (χ3v) is 8.83. The highest BCUT2D eigenvalue weighted by Gasteiger charge is 2.30. The predicted octanol–water partition coefficient (Wildman–Crippen LogP) is 4.69. The Labute approximate surface area is 261 Å². The number of carbonyl (C=O) groups is 1. The standard InChI is InChI=1S/C32H35FN6O5S/c1-23-5-7-26(21-34-23)37-32(41)39(28-4-2-3-25(33)19-28)27-13-16-38(17-14-27)22-24-6-12-31(35-20-24)44-29-8-10-30(11-9-29)45(42,43)36-15-18-40/h2-12,19-21,27,36,40H,13-18,22H2,1H3,(H,37,41). The van der Waals surface area contributed by atoms with Crippen LogP contribution in [0.1, 0.15) is 24.1 Å². The van der Waals surface area contributed by atoms with Gasteiger partial charge in [-0.3, -0.25) is 14.8 Å². The fraction of sp³-hybridized carbons (Fsp3) is 0.281. The minimum absolute atomic E-state index is 0.0635. The Balaban J connectivity index is 1.17. The van der Waals surface area contributed by atoms with Crippen LogP contribution in [0.15, 0.2) is 90.1 Å². The molecule has 2 aromatic heterocycles. The molecule has 2 amide bonds. The number of benzene rings is 2. The molecule has 0 spiro atoms. The summed E-state index contributed by atoms with van der Waals surface area (Å²) in [5, 5.41) is 11.8. The number of rotatable bonds is 11. The van der Waals surface area contributed by atoms with Gasteiger partial charge in [-0.15, -0.1) is 0 Å². The molecule has 5 rings (SSSR count). The lowest BCUT2D eigenvalue weighted by molar-refractivity contribution is 0.199. The number of sulfonamides is 1. The van der Waals surface area contributed by atoms with E-state index in [0.717, 1.165) is 24.3 Å². The third-order valence-electron chi connectivity index (χ3n) is 7.35. The van der Waals surface area contributed by atoms with Crippen molar-refractivity contribution in [2.24, 2.45) is 0 Å². The number of carbonyl (C=O) groups excluding carboxylic acids is 1. The Bertz CT molecular complexity index is 1680. The number of anilines is 2. The Hall–Kier alpha value is -4.43. The zero-order chi connectivity index (χ0) is 31.8. The minimum Gasteiger partial charge on any atom is -0.439 e. The van der Waals surface area contributed by atoms with Gasteiger partial charge in [0.25, 0.3) is 0 Å². The number of likely N-dealkylation sites (tertiary alicyclic amines) is 1. The molecule has 0 radical (unpaired) electrons. The maximum absolute atomic E-state index is 14.2. The van der Waals surface area contributed by atoms with E-state index in [1.165, 1.54) is 36.4 Å². The Morgan fingerprint density at radius 1 is 1.04 bits per heavy atom. The summed E-state index contributed by atoms with van der Waals surface area (Å²) in [5.74, 6) is 0.395. The van der Waals surface area contributed by atoms with Crippen LogP contribution in [0.4, 0.5) is 20.6 Å². The highest BCUT2D eigenvalue weighted by molar-refractivity contribution is 7.89. The lowest BCUT2D eigenvalue weighted by Crippen LogP contribution is -2.49. The molecular formula is C32H35FN6O5S. The number of aromatic nitrogens is 2. The van der Waals surface area contributed by atoms with Gasteiger partial charge in [-0.1, -0.05) is 12.1 Å². The number of halogens is 1. The van der Waals surface area contributed by atoms with Gasteiger partial charge in [0.05, 0.1) is 23.4 Å². The molecule has 0 atom stereocenters. The van der Waals surface area contributed by atoms with Crippen molar-refractivity contribution in [3.63, 3.8) is 0 Å². The Kier molecular flexibility index (Phi) is 10.4. The van der Waals surface area contributed by atoms with Crippen LogP contribution in [0.2, 0.25) is 0 Å². The van der Waals surface area contributed by atoms with E-state index in [9.17, 15) is 17.6 Å². The number of hydrogen-bond donors (Lipinski definition) is 3. The molecule has 4 aromatic rings. The van der Waals surface area contributed by atoms with Crippen LogP contribution in [0.5, 0.6) is 11.6 Å². The Morgan fingerprint density at radius 2 is 1.82 bits per heavy atom. The molecule has 2 aromatic carbocycles. The summed E-state index contributed by atoms with van der Waals surface area (Å²) < 4.78 is 46.6. The van der Waals surface area contributed by atoms with Crippen molar-refractivity contribution in [3.05, 3.63) is 102 Å². The number of nitrogens with zero attached hydrogens (tertiary/aromatic N) is 4. The summed E-state index contributed by atoms with van der Waals surface area (Å²) in [7, 11) is -3.70. The number of hydrogen-bond acceptors (Lipinski definition) is 8. The normalized spacial score (nSPS) is 14.2. The fourth-order valence-corrected chi connectivity index (χ4v) is 6.10. The first-order valence-corrected chi connectivity index (χ1v) is 16.0. The van der Waals surface area contributed by atoms with E-state index in [-0.39, 0.29) is 30.1 Å². The first kappa shape index (κ1) is 32.0. The van der Waals surface area contributed by atoms with E-state index >= 15 is 0 Å². The lowest BCUT2D eigenvalue weighted by Gasteiger charge is -2.38. The second-order valence-corrected chi connectivity index (χ2v) is 12.4. The van der Waals surface area contributed by atoms with Gasteiger partial charge in [0.2, 0.25) is 15.9 Å². The number of piperidine rings is 1. The number of aliphatic hydroxyl groups excluding tert-OH is 1. The van der Waals surface area contributed by atoms with Gasteiger partial charge in [-0.2, -0.15) is 0 Å². The number of urea groups is 1. The molecule has 1 saturated heterocycles. The number of nitrogens with one attached hydrogen (secondary N) is 2. The second-order valence-electron chi connectivity index (χ2n) is 10.7. The van der Waals surface area contributed by atoms with Crippen LogP contribution in [0, 0.1) is 12.7 Å². The van der Waals surface area contributed by atoms with Gasteiger partial charge in [-0.25, -0.2) is 27.3 Å². The average molecular weight is 635 g/mol. The molecule has 13 heteroatoms. The van der Waals surface area contributed by atoms with E-state index in [0.29, 0.717) is 42.4 Å². The minimum atomic E-state index is -3.70. The topological polar surface area (TPSA) is 137 Å². The van der Waals surface area contributed by atoms with Crippen molar-refractivity contribution in [2.45, 2.75) is 37.2 Å². The van der Waals surface area contributed by atoms with Crippen molar-refractivity contribution in [2.75, 3.05) is 36.5 Å². The molecule has 1 fully saturated rings. The number of aliphatic hydroxyl groups is 1. The zero-order valence-electron chi connectivity index (χ0n) is 24.8. The summed E-state index contributed by atoms with van der Waals surface area (Å²) in [6.07, 6.45) is 4.74. The molecule has 1 aliphatic rings. The molecule has 3 N–H and O–H groups in total. The maximum Gasteiger partial charge on any atom is 0.326 e. The average Bonchev–Trinajstić information content (AvgIpc) is 3.03. The van der Waals surface area contributed by atoms with E-state index in [2.05, 4.69) is 24.9 Å². The van der Waals surface area contributed by atoms with Gasteiger partial charge in [0, 0.05) is 55.9 Å². The highest BCUT2D eigenvalue weighted by atomic mass is 32.2. The summed E-state index contributed by atoms with van der Waals surface area (Å²) in [6, 6.07) is 18.8.